The molecule has 0 aromatic heterocycles. The molecular weight excluding hydrogens is 218 g/mol. The Kier molecular flexibility index (Phi) is 6.54. The van der Waals surface area contributed by atoms with E-state index in [-0.39, 0.29) is 0 Å². The van der Waals surface area contributed by atoms with Crippen molar-refractivity contribution in [2.75, 3.05) is 19.6 Å². The van der Waals surface area contributed by atoms with Gasteiger partial charge >= 0.3 is 0 Å². The zero-order chi connectivity index (χ0) is 13.4. The number of hydrogen-bond donors (Lipinski definition) is 0. The van der Waals surface area contributed by atoms with Gasteiger partial charge in [0.25, 0.3) is 0 Å². The Hall–Kier alpha value is -1.26. The predicted molar refractivity (Wildman–Crippen MR) is 79.8 cm³/mol. The van der Waals surface area contributed by atoms with Crippen molar-refractivity contribution >= 4 is 0 Å². The van der Waals surface area contributed by atoms with Gasteiger partial charge in [0, 0.05) is 12.1 Å². The lowest BCUT2D eigenvalue weighted by Gasteiger charge is -2.25. The molecule has 0 saturated carbocycles. The Morgan fingerprint density at radius 3 is 2.11 bits per heavy atom. The van der Waals surface area contributed by atoms with Crippen LogP contribution in [-0.4, -0.2) is 24.5 Å². The quantitative estimate of drug-likeness (QED) is 0.657. The van der Waals surface area contributed by atoms with E-state index in [1.165, 1.54) is 31.5 Å². The maximum absolute atomic E-state index is 5.38. The van der Waals surface area contributed by atoms with Crippen molar-refractivity contribution in [2.24, 2.45) is 0 Å². The van der Waals surface area contributed by atoms with E-state index >= 15 is 0 Å². The fourth-order valence-electron chi connectivity index (χ4n) is 2.33. The smallest absolute Gasteiger partial charge is 0.0242 e. The van der Waals surface area contributed by atoms with Crippen LogP contribution in [0.4, 0.5) is 0 Å². The highest BCUT2D eigenvalue weighted by atomic mass is 15.1. The number of nitrogens with zero attached hydrogens (tertiary/aromatic N) is 1. The van der Waals surface area contributed by atoms with E-state index in [0.717, 1.165) is 12.1 Å². The maximum atomic E-state index is 5.38. The second-order valence-electron chi connectivity index (χ2n) is 4.97. The molecule has 0 N–H and O–H groups in total. The van der Waals surface area contributed by atoms with E-state index in [0.29, 0.717) is 5.92 Å². The monoisotopic (exact) mass is 243 g/mol. The summed E-state index contributed by atoms with van der Waals surface area (Å²) in [5.74, 6) is 3.23. The lowest BCUT2D eigenvalue weighted by atomic mass is 9.99. The molecule has 0 aliphatic rings. The van der Waals surface area contributed by atoms with Crippen molar-refractivity contribution in [3.8, 4) is 12.3 Å². The Bertz CT molecular complexity index is 366. The molecule has 1 rings (SSSR count). The Morgan fingerprint density at radius 1 is 1.11 bits per heavy atom. The van der Waals surface area contributed by atoms with Crippen molar-refractivity contribution in [3.63, 3.8) is 0 Å². The summed E-state index contributed by atoms with van der Waals surface area (Å²) in [6, 6.07) is 8.40. The second-order valence-corrected chi connectivity index (χ2v) is 4.97. The molecule has 1 aromatic rings. The highest BCUT2D eigenvalue weighted by Crippen LogP contribution is 2.17. The van der Waals surface area contributed by atoms with Crippen LogP contribution in [0.1, 0.15) is 50.7 Å². The van der Waals surface area contributed by atoms with Gasteiger partial charge in [0.1, 0.15) is 0 Å². The summed E-state index contributed by atoms with van der Waals surface area (Å²) in [6.45, 7) is 10.3. The molecule has 0 radical (unpaired) electrons. The van der Waals surface area contributed by atoms with Gasteiger partial charge in [0.2, 0.25) is 0 Å². The second kappa shape index (κ2) is 7.95. The average Bonchev–Trinajstić information content (AvgIpc) is 2.39. The summed E-state index contributed by atoms with van der Waals surface area (Å²) < 4.78 is 0. The van der Waals surface area contributed by atoms with Crippen LogP contribution in [0.25, 0.3) is 0 Å². The van der Waals surface area contributed by atoms with Crippen molar-refractivity contribution in [3.05, 3.63) is 35.4 Å². The first-order valence-corrected chi connectivity index (χ1v) is 7.00. The van der Waals surface area contributed by atoms with Gasteiger partial charge < -0.3 is 4.90 Å². The molecule has 98 valence electrons. The third kappa shape index (κ3) is 4.55. The van der Waals surface area contributed by atoms with E-state index in [4.69, 9.17) is 6.42 Å². The van der Waals surface area contributed by atoms with E-state index < -0.39 is 0 Å². The summed E-state index contributed by atoms with van der Waals surface area (Å²) in [7, 11) is 0. The molecule has 1 unspecified atom stereocenters. The zero-order valence-electron chi connectivity index (χ0n) is 11.9. The van der Waals surface area contributed by atoms with Crippen LogP contribution in [0.2, 0.25) is 0 Å². The van der Waals surface area contributed by atoms with Crippen LogP contribution in [0.15, 0.2) is 24.3 Å². The Morgan fingerprint density at radius 2 is 1.67 bits per heavy atom. The lowest BCUT2D eigenvalue weighted by molar-refractivity contribution is 0.261. The molecule has 0 fully saturated rings. The van der Waals surface area contributed by atoms with E-state index in [2.05, 4.69) is 43.7 Å². The molecule has 0 bridgehead atoms. The molecule has 1 heteroatoms. The van der Waals surface area contributed by atoms with Gasteiger partial charge in [-0.2, -0.15) is 0 Å². The first-order chi connectivity index (χ1) is 8.71. The van der Waals surface area contributed by atoms with Gasteiger partial charge in [0.15, 0.2) is 0 Å². The van der Waals surface area contributed by atoms with Gasteiger partial charge in [-0.1, -0.05) is 38.8 Å². The van der Waals surface area contributed by atoms with Crippen LogP contribution in [0.5, 0.6) is 0 Å². The summed E-state index contributed by atoms with van der Waals surface area (Å²) in [6.07, 6.45) is 7.83. The molecule has 1 atom stereocenters. The number of terminal acetylenes is 1. The molecule has 0 saturated heterocycles. The summed E-state index contributed by atoms with van der Waals surface area (Å²) in [5, 5.41) is 0. The molecule has 1 aromatic carbocycles. The van der Waals surface area contributed by atoms with Gasteiger partial charge in [-0.15, -0.1) is 6.42 Å². The zero-order valence-corrected chi connectivity index (χ0v) is 11.9. The first kappa shape index (κ1) is 14.8. The normalized spacial score (nSPS) is 12.4. The van der Waals surface area contributed by atoms with Crippen molar-refractivity contribution < 1.29 is 0 Å². The van der Waals surface area contributed by atoms with Crippen molar-refractivity contribution in [1.82, 2.24) is 4.90 Å². The molecular formula is C17H25N. The molecule has 18 heavy (non-hydrogen) atoms. The third-order valence-electron chi connectivity index (χ3n) is 3.26. The van der Waals surface area contributed by atoms with Crippen LogP contribution in [-0.2, 0) is 0 Å². The fraction of sp³-hybridized carbons (Fsp3) is 0.529. The minimum absolute atomic E-state index is 0.565. The highest BCUT2D eigenvalue weighted by Gasteiger charge is 2.10. The minimum Gasteiger partial charge on any atom is -0.303 e. The number of rotatable bonds is 7. The van der Waals surface area contributed by atoms with Crippen molar-refractivity contribution in [2.45, 2.75) is 39.5 Å². The molecule has 0 amide bonds. The largest absolute Gasteiger partial charge is 0.303 e. The van der Waals surface area contributed by atoms with Gasteiger partial charge in [-0.05, 0) is 49.5 Å². The van der Waals surface area contributed by atoms with Crippen LogP contribution in [0, 0.1) is 12.3 Å². The average molecular weight is 243 g/mol. The summed E-state index contributed by atoms with van der Waals surface area (Å²) >= 11 is 0. The Labute approximate surface area is 112 Å². The van der Waals surface area contributed by atoms with Crippen molar-refractivity contribution in [1.29, 1.82) is 0 Å². The Balaban J connectivity index is 2.61. The lowest BCUT2D eigenvalue weighted by Crippen LogP contribution is -2.29. The van der Waals surface area contributed by atoms with E-state index in [9.17, 15) is 0 Å². The van der Waals surface area contributed by atoms with Crippen LogP contribution >= 0.6 is 0 Å². The molecule has 1 nitrogen and oxygen atoms in total. The molecule has 0 heterocycles. The van der Waals surface area contributed by atoms with Gasteiger partial charge in [-0.25, -0.2) is 0 Å². The van der Waals surface area contributed by atoms with E-state index in [1.54, 1.807) is 0 Å². The SMILES string of the molecule is C#Cc1ccc(C(C)CN(CCC)CCC)cc1. The predicted octanol–water partition coefficient (Wildman–Crippen LogP) is 3.89. The summed E-state index contributed by atoms with van der Waals surface area (Å²) in [4.78, 5) is 2.56. The first-order valence-electron chi connectivity index (χ1n) is 7.00. The molecule has 0 spiro atoms. The molecule has 0 aliphatic carbocycles. The van der Waals surface area contributed by atoms with Crippen LogP contribution < -0.4 is 0 Å². The van der Waals surface area contributed by atoms with Gasteiger partial charge in [0.05, 0.1) is 0 Å². The third-order valence-corrected chi connectivity index (χ3v) is 3.26. The standard InChI is InChI=1S/C17H25N/c1-5-12-18(13-6-2)14-15(4)17-10-8-16(7-3)9-11-17/h3,8-11,15H,5-6,12-14H2,1-2,4H3. The summed E-state index contributed by atoms with van der Waals surface area (Å²) in [5.41, 5.74) is 2.34. The number of hydrogen-bond acceptors (Lipinski definition) is 1. The van der Waals surface area contributed by atoms with E-state index in [1.807, 2.05) is 12.1 Å². The maximum Gasteiger partial charge on any atom is 0.0242 e. The highest BCUT2D eigenvalue weighted by molar-refractivity contribution is 5.35. The van der Waals surface area contributed by atoms with Crippen LogP contribution in [0.3, 0.4) is 0 Å². The minimum atomic E-state index is 0.565. The fourth-order valence-corrected chi connectivity index (χ4v) is 2.33. The number of benzene rings is 1. The topological polar surface area (TPSA) is 3.24 Å². The molecule has 0 aliphatic heterocycles. The van der Waals surface area contributed by atoms with Gasteiger partial charge in [-0.3, -0.25) is 0 Å².